The molecular weight excluding hydrogens is 374 g/mol. The third-order valence-corrected chi connectivity index (χ3v) is 4.89. The lowest BCUT2D eigenvalue weighted by molar-refractivity contribution is 1.35. The van der Waals surface area contributed by atoms with Gasteiger partial charge in [0.05, 0.1) is 16.6 Å². The van der Waals surface area contributed by atoms with E-state index in [0.29, 0.717) is 0 Å². The lowest BCUT2D eigenvalue weighted by Gasteiger charge is -2.09. The Morgan fingerprint density at radius 1 is 0.720 bits per heavy atom. The Hall–Kier alpha value is -2.85. The summed E-state index contributed by atoms with van der Waals surface area (Å²) < 4.78 is 0.847. The van der Waals surface area contributed by atoms with Gasteiger partial charge in [-0.2, -0.15) is 0 Å². The zero-order valence-corrected chi connectivity index (χ0v) is 14.7. The van der Waals surface area contributed by atoms with Crippen LogP contribution in [0.4, 0.5) is 0 Å². The fraction of sp³-hybridized carbons (Fsp3) is 0. The van der Waals surface area contributed by atoms with Crippen LogP contribution in [0.2, 0.25) is 0 Å². The van der Waals surface area contributed by atoms with Crippen LogP contribution in [-0.2, 0) is 0 Å². The molecule has 4 heteroatoms. The zero-order valence-electron chi connectivity index (χ0n) is 13.1. The van der Waals surface area contributed by atoms with Crippen LogP contribution in [0.25, 0.3) is 43.8 Å². The van der Waals surface area contributed by atoms with E-state index in [4.69, 9.17) is 0 Å². The first-order chi connectivity index (χ1) is 12.3. The second-order valence-corrected chi connectivity index (χ2v) is 6.75. The van der Waals surface area contributed by atoms with Crippen molar-refractivity contribution in [2.75, 3.05) is 0 Å². The molecule has 118 valence electrons. The van der Waals surface area contributed by atoms with Gasteiger partial charge in [0.15, 0.2) is 0 Å². The molecule has 0 spiro atoms. The molecule has 0 aliphatic heterocycles. The Balaban J connectivity index is 1.80. The van der Waals surface area contributed by atoms with Crippen LogP contribution in [0.1, 0.15) is 0 Å². The maximum Gasteiger partial charge on any atom is 0.106 e. The molecule has 0 amide bonds. The van der Waals surface area contributed by atoms with E-state index in [-0.39, 0.29) is 0 Å². The van der Waals surface area contributed by atoms with E-state index in [1.807, 2.05) is 24.5 Å². The van der Waals surface area contributed by atoms with Crippen LogP contribution in [-0.4, -0.2) is 15.0 Å². The number of nitrogens with zero attached hydrogens (tertiary/aromatic N) is 3. The van der Waals surface area contributed by atoms with Crippen molar-refractivity contribution in [2.24, 2.45) is 0 Å². The van der Waals surface area contributed by atoms with E-state index in [0.717, 1.165) is 48.4 Å². The standard InChI is InChI=1S/C21H12BrN3/c22-19-8-5-15-12-14(4-7-18(15)25-19)16-9-11-24-21-17(16)6-3-13-2-1-10-23-20(13)21/h1-12H. The van der Waals surface area contributed by atoms with Crippen molar-refractivity contribution in [1.29, 1.82) is 0 Å². The molecule has 0 aliphatic rings. The van der Waals surface area contributed by atoms with E-state index in [9.17, 15) is 0 Å². The van der Waals surface area contributed by atoms with Crippen LogP contribution in [0.5, 0.6) is 0 Å². The Kier molecular flexibility index (Phi) is 3.25. The van der Waals surface area contributed by atoms with Gasteiger partial charge >= 0.3 is 0 Å². The molecule has 0 atom stereocenters. The minimum absolute atomic E-state index is 0.847. The molecule has 0 aliphatic carbocycles. The molecule has 0 unspecified atom stereocenters. The van der Waals surface area contributed by atoms with E-state index in [1.165, 1.54) is 0 Å². The van der Waals surface area contributed by atoms with Gasteiger partial charge in [-0.15, -0.1) is 0 Å². The molecule has 0 bridgehead atoms. The molecule has 3 nitrogen and oxygen atoms in total. The fourth-order valence-electron chi connectivity index (χ4n) is 3.27. The van der Waals surface area contributed by atoms with Gasteiger partial charge in [-0.1, -0.05) is 30.3 Å². The van der Waals surface area contributed by atoms with Crippen molar-refractivity contribution in [1.82, 2.24) is 15.0 Å². The van der Waals surface area contributed by atoms with Crippen molar-refractivity contribution in [3.8, 4) is 11.1 Å². The van der Waals surface area contributed by atoms with Crippen LogP contribution >= 0.6 is 15.9 Å². The molecule has 5 aromatic rings. The van der Waals surface area contributed by atoms with Gasteiger partial charge < -0.3 is 0 Å². The molecule has 0 fully saturated rings. The van der Waals surface area contributed by atoms with Gasteiger partial charge in [0.1, 0.15) is 4.60 Å². The third-order valence-electron chi connectivity index (χ3n) is 4.45. The lowest BCUT2D eigenvalue weighted by Crippen LogP contribution is -1.88. The molecular formula is C21H12BrN3. The predicted molar refractivity (Wildman–Crippen MR) is 105 cm³/mol. The normalized spacial score (nSPS) is 11.4. The number of benzene rings is 2. The average Bonchev–Trinajstić information content (AvgIpc) is 2.67. The van der Waals surface area contributed by atoms with E-state index < -0.39 is 0 Å². The van der Waals surface area contributed by atoms with Gasteiger partial charge in [-0.3, -0.25) is 9.97 Å². The van der Waals surface area contributed by atoms with Crippen molar-refractivity contribution in [3.05, 3.63) is 77.7 Å². The third kappa shape index (κ3) is 2.37. The minimum atomic E-state index is 0.847. The number of aromatic nitrogens is 3. The minimum Gasteiger partial charge on any atom is -0.254 e. The Bertz CT molecular complexity index is 1260. The Morgan fingerprint density at radius 3 is 2.56 bits per heavy atom. The SMILES string of the molecule is Brc1ccc2cc(-c3ccnc4c3ccc3cccnc34)ccc2n1. The van der Waals surface area contributed by atoms with Crippen LogP contribution in [0.3, 0.4) is 0 Å². The van der Waals surface area contributed by atoms with Crippen molar-refractivity contribution < 1.29 is 0 Å². The summed E-state index contributed by atoms with van der Waals surface area (Å²) in [7, 11) is 0. The van der Waals surface area contributed by atoms with E-state index in [1.54, 1.807) is 0 Å². The molecule has 0 N–H and O–H groups in total. The van der Waals surface area contributed by atoms with Gasteiger partial charge in [0, 0.05) is 28.6 Å². The van der Waals surface area contributed by atoms with Gasteiger partial charge in [0.2, 0.25) is 0 Å². The van der Waals surface area contributed by atoms with Gasteiger partial charge in [0.25, 0.3) is 0 Å². The van der Waals surface area contributed by atoms with Crippen LogP contribution < -0.4 is 0 Å². The number of hydrogen-bond donors (Lipinski definition) is 0. The van der Waals surface area contributed by atoms with Crippen molar-refractivity contribution in [2.45, 2.75) is 0 Å². The summed E-state index contributed by atoms with van der Waals surface area (Å²) in [4.78, 5) is 13.6. The molecule has 3 heterocycles. The van der Waals surface area contributed by atoms with Crippen molar-refractivity contribution in [3.63, 3.8) is 0 Å². The summed E-state index contributed by atoms with van der Waals surface area (Å²) in [5, 5.41) is 3.33. The quantitative estimate of drug-likeness (QED) is 0.272. The summed E-state index contributed by atoms with van der Waals surface area (Å²) in [6, 6.07) is 20.7. The molecule has 0 saturated heterocycles. The molecule has 2 aromatic carbocycles. The molecule has 25 heavy (non-hydrogen) atoms. The average molecular weight is 386 g/mol. The van der Waals surface area contributed by atoms with Crippen LogP contribution in [0.15, 0.2) is 77.7 Å². The van der Waals surface area contributed by atoms with Gasteiger partial charge in [-0.25, -0.2) is 4.98 Å². The second-order valence-electron chi connectivity index (χ2n) is 5.94. The summed E-state index contributed by atoms with van der Waals surface area (Å²) >= 11 is 3.43. The highest BCUT2D eigenvalue weighted by Gasteiger charge is 2.09. The summed E-state index contributed by atoms with van der Waals surface area (Å²) in [5.74, 6) is 0. The van der Waals surface area contributed by atoms with Gasteiger partial charge in [-0.05, 0) is 57.4 Å². The number of pyridine rings is 3. The predicted octanol–water partition coefficient (Wildman–Crippen LogP) is 5.76. The first kappa shape index (κ1) is 14.5. The first-order valence-corrected chi connectivity index (χ1v) is 8.78. The number of halogens is 1. The summed E-state index contributed by atoms with van der Waals surface area (Å²) in [5.41, 5.74) is 5.16. The highest BCUT2D eigenvalue weighted by Crippen LogP contribution is 2.32. The summed E-state index contributed by atoms with van der Waals surface area (Å²) in [6.07, 6.45) is 3.67. The van der Waals surface area contributed by atoms with E-state index >= 15 is 0 Å². The fourth-order valence-corrected chi connectivity index (χ4v) is 3.60. The maximum atomic E-state index is 4.59. The van der Waals surface area contributed by atoms with Crippen molar-refractivity contribution >= 4 is 48.6 Å². The number of rotatable bonds is 1. The monoisotopic (exact) mass is 385 g/mol. The molecule has 5 rings (SSSR count). The zero-order chi connectivity index (χ0) is 16.8. The first-order valence-electron chi connectivity index (χ1n) is 7.99. The molecule has 0 saturated carbocycles. The smallest absolute Gasteiger partial charge is 0.106 e. The highest BCUT2D eigenvalue weighted by molar-refractivity contribution is 9.10. The molecule has 0 radical (unpaired) electrons. The number of fused-ring (bicyclic) bond motifs is 4. The Morgan fingerprint density at radius 2 is 1.60 bits per heavy atom. The summed E-state index contributed by atoms with van der Waals surface area (Å²) in [6.45, 7) is 0. The topological polar surface area (TPSA) is 38.7 Å². The highest BCUT2D eigenvalue weighted by atomic mass is 79.9. The van der Waals surface area contributed by atoms with Crippen LogP contribution in [0, 0.1) is 0 Å². The molecule has 3 aromatic heterocycles. The van der Waals surface area contributed by atoms with E-state index in [2.05, 4.69) is 79.4 Å². The maximum absolute atomic E-state index is 4.59. The Labute approximate surface area is 152 Å². The largest absolute Gasteiger partial charge is 0.254 e. The lowest BCUT2D eigenvalue weighted by atomic mass is 9.98. The second kappa shape index (κ2) is 5.60. The number of hydrogen-bond acceptors (Lipinski definition) is 3.